The largest absolute Gasteiger partial charge is 0.493 e. The number of hydrogen-bond acceptors (Lipinski definition) is 3. The summed E-state index contributed by atoms with van der Waals surface area (Å²) in [6.45, 7) is 3.89. The first-order valence-electron chi connectivity index (χ1n) is 6.02. The molecule has 0 fully saturated rings. The summed E-state index contributed by atoms with van der Waals surface area (Å²) in [5, 5.41) is 0. The first kappa shape index (κ1) is 13.1. The third-order valence-electron chi connectivity index (χ3n) is 2.78. The first-order chi connectivity index (χ1) is 9.13. The fourth-order valence-electron chi connectivity index (χ4n) is 1.91. The minimum absolute atomic E-state index is 0.453. The van der Waals surface area contributed by atoms with E-state index in [1.807, 2.05) is 44.2 Å². The molecule has 0 aromatic heterocycles. The molecule has 0 unspecified atom stereocenters. The molecule has 0 atom stereocenters. The van der Waals surface area contributed by atoms with Crippen molar-refractivity contribution >= 4 is 6.29 Å². The van der Waals surface area contributed by atoms with Crippen LogP contribution in [0.4, 0.5) is 0 Å². The Balaban J connectivity index is 2.46. The fourth-order valence-corrected chi connectivity index (χ4v) is 1.91. The lowest BCUT2D eigenvalue weighted by Gasteiger charge is -2.13. The standard InChI is InChI=1S/C16H16O3/c1-11-5-4-6-14(8-11)19-16-13(10-17)7-12(2)9-15(16)18-3/h4-10H,1-3H3. The Morgan fingerprint density at radius 1 is 1.05 bits per heavy atom. The van der Waals surface area contributed by atoms with Crippen LogP contribution in [0.5, 0.6) is 17.2 Å². The molecule has 3 heteroatoms. The molecule has 3 nitrogen and oxygen atoms in total. The number of carbonyl (C=O) groups is 1. The van der Waals surface area contributed by atoms with Gasteiger partial charge < -0.3 is 9.47 Å². The molecule has 0 bridgehead atoms. The molecule has 0 aliphatic rings. The van der Waals surface area contributed by atoms with Crippen molar-refractivity contribution in [3.8, 4) is 17.2 Å². The minimum Gasteiger partial charge on any atom is -0.493 e. The van der Waals surface area contributed by atoms with Crippen molar-refractivity contribution in [3.05, 3.63) is 53.1 Å². The second-order valence-corrected chi connectivity index (χ2v) is 4.42. The number of rotatable bonds is 4. The van der Waals surface area contributed by atoms with Crippen LogP contribution in [-0.4, -0.2) is 13.4 Å². The highest BCUT2D eigenvalue weighted by Crippen LogP contribution is 2.35. The van der Waals surface area contributed by atoms with Gasteiger partial charge in [0.1, 0.15) is 5.75 Å². The second kappa shape index (κ2) is 5.57. The molecule has 0 aliphatic heterocycles. The summed E-state index contributed by atoms with van der Waals surface area (Å²) < 4.78 is 11.1. The van der Waals surface area contributed by atoms with Crippen molar-refractivity contribution in [1.29, 1.82) is 0 Å². The van der Waals surface area contributed by atoms with Crippen LogP contribution in [0.3, 0.4) is 0 Å². The van der Waals surface area contributed by atoms with Crippen molar-refractivity contribution in [1.82, 2.24) is 0 Å². The Bertz CT molecular complexity index is 603. The number of ether oxygens (including phenoxy) is 2. The van der Waals surface area contributed by atoms with Gasteiger partial charge in [0.15, 0.2) is 17.8 Å². The Morgan fingerprint density at radius 3 is 2.47 bits per heavy atom. The van der Waals surface area contributed by atoms with Gasteiger partial charge in [-0.15, -0.1) is 0 Å². The summed E-state index contributed by atoms with van der Waals surface area (Å²) in [5.74, 6) is 1.70. The monoisotopic (exact) mass is 256 g/mol. The van der Waals surface area contributed by atoms with Gasteiger partial charge in [-0.25, -0.2) is 0 Å². The number of methoxy groups -OCH3 is 1. The molecule has 2 aromatic rings. The Hall–Kier alpha value is -2.29. The first-order valence-corrected chi connectivity index (χ1v) is 6.02. The van der Waals surface area contributed by atoms with Crippen LogP contribution in [0, 0.1) is 13.8 Å². The van der Waals surface area contributed by atoms with Crippen molar-refractivity contribution in [2.24, 2.45) is 0 Å². The zero-order chi connectivity index (χ0) is 13.8. The fraction of sp³-hybridized carbons (Fsp3) is 0.188. The lowest BCUT2D eigenvalue weighted by molar-refractivity contribution is 0.112. The average Bonchev–Trinajstić information content (AvgIpc) is 2.40. The molecular formula is C16H16O3. The molecule has 2 rings (SSSR count). The summed E-state index contributed by atoms with van der Waals surface area (Å²) in [6.07, 6.45) is 0.778. The Morgan fingerprint density at radius 2 is 1.84 bits per heavy atom. The van der Waals surface area contributed by atoms with E-state index in [2.05, 4.69) is 0 Å². The minimum atomic E-state index is 0.453. The highest BCUT2D eigenvalue weighted by atomic mass is 16.5. The van der Waals surface area contributed by atoms with E-state index in [0.29, 0.717) is 22.8 Å². The number of aldehydes is 1. The van der Waals surface area contributed by atoms with Crippen LogP contribution < -0.4 is 9.47 Å². The van der Waals surface area contributed by atoms with E-state index in [0.717, 1.165) is 17.4 Å². The maximum atomic E-state index is 11.2. The smallest absolute Gasteiger partial charge is 0.179 e. The van der Waals surface area contributed by atoms with Crippen molar-refractivity contribution < 1.29 is 14.3 Å². The molecule has 0 spiro atoms. The highest BCUT2D eigenvalue weighted by molar-refractivity contribution is 5.82. The van der Waals surface area contributed by atoms with Crippen LogP contribution >= 0.6 is 0 Å². The molecule has 0 N–H and O–H groups in total. The van der Waals surface area contributed by atoms with Crippen molar-refractivity contribution in [2.75, 3.05) is 7.11 Å². The van der Waals surface area contributed by atoms with Gasteiger partial charge in [0, 0.05) is 0 Å². The normalized spacial score (nSPS) is 10.1. The maximum absolute atomic E-state index is 11.2. The van der Waals surface area contributed by atoms with Gasteiger partial charge in [0.2, 0.25) is 0 Å². The zero-order valence-corrected chi connectivity index (χ0v) is 11.3. The number of aryl methyl sites for hydroxylation is 2. The molecular weight excluding hydrogens is 240 g/mol. The second-order valence-electron chi connectivity index (χ2n) is 4.42. The third kappa shape index (κ3) is 2.94. The van der Waals surface area contributed by atoms with Gasteiger partial charge in [-0.05, 0) is 49.2 Å². The predicted octanol–water partition coefficient (Wildman–Crippen LogP) is 3.92. The number of benzene rings is 2. The predicted molar refractivity (Wildman–Crippen MR) is 74.4 cm³/mol. The van der Waals surface area contributed by atoms with Crippen LogP contribution in [0.25, 0.3) is 0 Å². The zero-order valence-electron chi connectivity index (χ0n) is 11.3. The Labute approximate surface area is 112 Å². The number of hydrogen-bond donors (Lipinski definition) is 0. The van der Waals surface area contributed by atoms with Gasteiger partial charge in [-0.2, -0.15) is 0 Å². The van der Waals surface area contributed by atoms with E-state index in [1.54, 1.807) is 13.2 Å². The van der Waals surface area contributed by atoms with Gasteiger partial charge in [-0.3, -0.25) is 4.79 Å². The summed E-state index contributed by atoms with van der Waals surface area (Å²) in [6, 6.07) is 11.3. The highest BCUT2D eigenvalue weighted by Gasteiger charge is 2.12. The molecule has 0 heterocycles. The molecule has 0 aliphatic carbocycles. The van der Waals surface area contributed by atoms with E-state index < -0.39 is 0 Å². The topological polar surface area (TPSA) is 35.5 Å². The molecule has 98 valence electrons. The average molecular weight is 256 g/mol. The maximum Gasteiger partial charge on any atom is 0.179 e. The van der Waals surface area contributed by atoms with Gasteiger partial charge in [0.05, 0.1) is 12.7 Å². The van der Waals surface area contributed by atoms with Gasteiger partial charge >= 0.3 is 0 Å². The molecule has 0 saturated carbocycles. The lowest BCUT2D eigenvalue weighted by atomic mass is 10.1. The van der Waals surface area contributed by atoms with Crippen LogP contribution in [0.1, 0.15) is 21.5 Å². The van der Waals surface area contributed by atoms with E-state index in [-0.39, 0.29) is 0 Å². The summed E-state index contributed by atoms with van der Waals surface area (Å²) in [7, 11) is 1.56. The van der Waals surface area contributed by atoms with Crippen molar-refractivity contribution in [3.63, 3.8) is 0 Å². The quantitative estimate of drug-likeness (QED) is 0.778. The molecule has 0 amide bonds. The molecule has 0 saturated heterocycles. The summed E-state index contributed by atoms with van der Waals surface area (Å²) in [5.41, 5.74) is 2.53. The lowest BCUT2D eigenvalue weighted by Crippen LogP contribution is -1.96. The van der Waals surface area contributed by atoms with E-state index >= 15 is 0 Å². The third-order valence-corrected chi connectivity index (χ3v) is 2.78. The van der Waals surface area contributed by atoms with E-state index in [1.165, 1.54) is 0 Å². The van der Waals surface area contributed by atoms with Crippen LogP contribution in [-0.2, 0) is 0 Å². The van der Waals surface area contributed by atoms with Crippen molar-refractivity contribution in [2.45, 2.75) is 13.8 Å². The van der Waals surface area contributed by atoms with Crippen LogP contribution in [0.2, 0.25) is 0 Å². The molecule has 0 radical (unpaired) electrons. The number of carbonyl (C=O) groups excluding carboxylic acids is 1. The molecule has 19 heavy (non-hydrogen) atoms. The summed E-state index contributed by atoms with van der Waals surface area (Å²) in [4.78, 5) is 11.2. The van der Waals surface area contributed by atoms with E-state index in [9.17, 15) is 4.79 Å². The van der Waals surface area contributed by atoms with Gasteiger partial charge in [0.25, 0.3) is 0 Å². The summed E-state index contributed by atoms with van der Waals surface area (Å²) >= 11 is 0. The van der Waals surface area contributed by atoms with Crippen LogP contribution in [0.15, 0.2) is 36.4 Å². The Kier molecular flexibility index (Phi) is 3.85. The van der Waals surface area contributed by atoms with E-state index in [4.69, 9.17) is 9.47 Å². The SMILES string of the molecule is COc1cc(C)cc(C=O)c1Oc1cccc(C)c1. The molecule has 2 aromatic carbocycles. The van der Waals surface area contributed by atoms with Gasteiger partial charge in [-0.1, -0.05) is 12.1 Å².